The third kappa shape index (κ3) is 8.34. The van der Waals surface area contributed by atoms with Gasteiger partial charge in [0.1, 0.15) is 12.4 Å². The maximum absolute atomic E-state index is 13.8. The maximum atomic E-state index is 13.8. The van der Waals surface area contributed by atoms with Gasteiger partial charge in [-0.25, -0.2) is 4.98 Å². The lowest BCUT2D eigenvalue weighted by Gasteiger charge is -2.27. The zero-order valence-electron chi connectivity index (χ0n) is 29.4. The van der Waals surface area contributed by atoms with Crippen LogP contribution in [0.25, 0.3) is 22.0 Å². The number of aromatic nitrogens is 4. The minimum Gasteiger partial charge on any atom is -0.487 e. The van der Waals surface area contributed by atoms with Crippen LogP contribution < -0.4 is 14.8 Å². The Hall–Kier alpha value is -5.15. The van der Waals surface area contributed by atoms with E-state index in [2.05, 4.69) is 82.0 Å². The second-order valence-corrected chi connectivity index (χ2v) is 15.7. The first kappa shape index (κ1) is 34.7. The van der Waals surface area contributed by atoms with Crippen molar-refractivity contribution in [3.8, 4) is 22.8 Å². The summed E-state index contributed by atoms with van der Waals surface area (Å²) in [5.41, 5.74) is 6.25. The van der Waals surface area contributed by atoms with Gasteiger partial charge in [-0.2, -0.15) is 0 Å². The number of ether oxygens (including phenoxy) is 2. The van der Waals surface area contributed by atoms with Crippen LogP contribution in [0.15, 0.2) is 115 Å². The van der Waals surface area contributed by atoms with Gasteiger partial charge in [-0.3, -0.25) is 14.8 Å². The van der Waals surface area contributed by atoms with Crippen LogP contribution in [0.3, 0.4) is 0 Å². The summed E-state index contributed by atoms with van der Waals surface area (Å²) in [4.78, 5) is 27.9. The molecule has 256 valence electrons. The molecule has 0 bridgehead atoms. The number of methoxy groups -OCH3 is 1. The number of fused-ring (bicyclic) bond motifs is 1. The molecule has 0 spiro atoms. The lowest BCUT2D eigenvalue weighted by atomic mass is 9.86. The molecule has 4 aromatic heterocycles. The van der Waals surface area contributed by atoms with Gasteiger partial charge in [0, 0.05) is 74.8 Å². The predicted octanol–water partition coefficient (Wildman–Crippen LogP) is 9.23. The van der Waals surface area contributed by atoms with Crippen molar-refractivity contribution in [3.63, 3.8) is 0 Å². The number of nitrogens with one attached hydrogen (secondary N) is 1. The van der Waals surface area contributed by atoms with E-state index < -0.39 is 5.41 Å². The van der Waals surface area contributed by atoms with E-state index in [-0.39, 0.29) is 10.7 Å². The quantitative estimate of drug-likeness (QED) is 0.128. The molecule has 0 aliphatic rings. The molecule has 0 atom stereocenters. The largest absolute Gasteiger partial charge is 0.487 e. The molecule has 50 heavy (non-hydrogen) atoms. The fourth-order valence-electron chi connectivity index (χ4n) is 5.76. The molecule has 0 saturated heterocycles. The normalized spacial score (nSPS) is 11.8. The van der Waals surface area contributed by atoms with E-state index in [0.29, 0.717) is 31.1 Å². The van der Waals surface area contributed by atoms with E-state index in [0.717, 1.165) is 49.6 Å². The van der Waals surface area contributed by atoms with E-state index in [1.54, 1.807) is 25.7 Å². The first-order chi connectivity index (χ1) is 24.0. The second-order valence-electron chi connectivity index (χ2n) is 13.9. The topological polar surface area (TPSA) is 91.2 Å². The number of hydrogen-bond acceptors (Lipinski definition) is 7. The van der Waals surface area contributed by atoms with Gasteiger partial charge >= 0.3 is 0 Å². The molecule has 0 saturated carbocycles. The van der Waals surface area contributed by atoms with Crippen LogP contribution in [0, 0.1) is 5.41 Å². The second kappa shape index (κ2) is 14.8. The molecule has 8 nitrogen and oxygen atoms in total. The van der Waals surface area contributed by atoms with Crippen LogP contribution in [-0.4, -0.2) is 37.3 Å². The maximum Gasteiger partial charge on any atom is 0.230 e. The number of hydrogen-bond donors (Lipinski definition) is 1. The average Bonchev–Trinajstić information content (AvgIpc) is 3.37. The van der Waals surface area contributed by atoms with Gasteiger partial charge < -0.3 is 19.4 Å². The molecular formula is C41H43N5O3S. The van der Waals surface area contributed by atoms with Crippen molar-refractivity contribution in [2.75, 3.05) is 12.4 Å². The molecule has 0 radical (unpaired) electrons. The van der Waals surface area contributed by atoms with Crippen LogP contribution in [0.2, 0.25) is 0 Å². The van der Waals surface area contributed by atoms with Crippen LogP contribution in [-0.2, 0) is 24.4 Å². The highest BCUT2D eigenvalue weighted by molar-refractivity contribution is 8.00. The average molecular weight is 686 g/mol. The Bertz CT molecular complexity index is 2050. The Morgan fingerprint density at radius 1 is 0.860 bits per heavy atom. The molecule has 0 unspecified atom stereocenters. The molecule has 0 aliphatic heterocycles. The zero-order chi connectivity index (χ0) is 35.3. The number of anilines is 1. The summed E-state index contributed by atoms with van der Waals surface area (Å²) in [6.45, 7) is 11.7. The number of carbonyl (C=O) groups is 1. The number of rotatable bonds is 12. The van der Waals surface area contributed by atoms with Crippen molar-refractivity contribution in [1.29, 1.82) is 0 Å². The number of nitrogens with zero attached hydrogens (tertiary/aromatic N) is 4. The predicted molar refractivity (Wildman–Crippen MR) is 202 cm³/mol. The van der Waals surface area contributed by atoms with Crippen LogP contribution in [0.5, 0.6) is 11.6 Å². The van der Waals surface area contributed by atoms with Gasteiger partial charge in [-0.15, -0.1) is 11.8 Å². The van der Waals surface area contributed by atoms with Crippen molar-refractivity contribution >= 4 is 34.3 Å². The van der Waals surface area contributed by atoms with Crippen LogP contribution in [0.4, 0.5) is 5.69 Å². The molecule has 6 aromatic rings. The highest BCUT2D eigenvalue weighted by Gasteiger charge is 2.33. The van der Waals surface area contributed by atoms with E-state index in [1.807, 2.05) is 80.3 Å². The van der Waals surface area contributed by atoms with Crippen molar-refractivity contribution < 1.29 is 14.3 Å². The number of benzene rings is 2. The third-order valence-corrected chi connectivity index (χ3v) is 9.60. The van der Waals surface area contributed by atoms with Crippen molar-refractivity contribution in [2.45, 2.75) is 63.8 Å². The fraction of sp³-hybridized carbons (Fsp3) is 0.268. The smallest absolute Gasteiger partial charge is 0.230 e. The molecule has 1 amide bonds. The molecule has 1 N–H and O–H groups in total. The lowest BCUT2D eigenvalue weighted by Crippen LogP contribution is -2.33. The van der Waals surface area contributed by atoms with Gasteiger partial charge in [-0.05, 0) is 59.7 Å². The summed E-state index contributed by atoms with van der Waals surface area (Å²) in [7, 11) is 1.62. The summed E-state index contributed by atoms with van der Waals surface area (Å²) >= 11 is 1.82. The van der Waals surface area contributed by atoms with E-state index in [4.69, 9.17) is 9.47 Å². The number of thioether (sulfide) groups is 1. The Labute approximate surface area is 298 Å². The molecule has 2 aromatic carbocycles. The van der Waals surface area contributed by atoms with E-state index >= 15 is 0 Å². The highest BCUT2D eigenvalue weighted by atomic mass is 32.2. The summed E-state index contributed by atoms with van der Waals surface area (Å²) in [5, 5.41) is 4.19. The number of amides is 1. The lowest BCUT2D eigenvalue weighted by molar-refractivity contribution is -0.124. The first-order valence-corrected chi connectivity index (χ1v) is 17.5. The monoisotopic (exact) mass is 685 g/mol. The summed E-state index contributed by atoms with van der Waals surface area (Å²) in [5.74, 6) is 1.29. The van der Waals surface area contributed by atoms with Crippen molar-refractivity contribution in [1.82, 2.24) is 19.5 Å². The van der Waals surface area contributed by atoms with Crippen molar-refractivity contribution in [3.05, 3.63) is 127 Å². The number of carbonyl (C=O) groups excluding carboxylic acids is 1. The third-order valence-electron chi connectivity index (χ3n) is 8.33. The van der Waals surface area contributed by atoms with Gasteiger partial charge in [0.15, 0.2) is 0 Å². The standard InChI is InChI=1S/C41H43N5O3S/c1-40(2,3)50-38-34-22-33(49-27-32-10-7-8-21-43-32)17-18-35(34)46(36(38)23-41(4,5)39(47)45-31-11-9-20-42-25-31)26-28-12-14-29(15-13-28)30-16-19-37(48-6)44-24-30/h7-22,24-25H,23,26-27H2,1-6H3,(H,45,47). The molecule has 6 rings (SSSR count). The van der Waals surface area contributed by atoms with Gasteiger partial charge in [0.2, 0.25) is 11.8 Å². The Balaban J connectivity index is 1.40. The SMILES string of the molecule is COc1ccc(-c2ccc(Cn3c(CC(C)(C)C(=O)Nc4cccnc4)c(SC(C)(C)C)c4cc(OCc5ccccn5)ccc43)cc2)cn1. The first-order valence-electron chi connectivity index (χ1n) is 16.7. The summed E-state index contributed by atoms with van der Waals surface area (Å²) in [6, 6.07) is 28.3. The zero-order valence-corrected chi connectivity index (χ0v) is 30.3. The molecule has 0 aliphatic carbocycles. The van der Waals surface area contributed by atoms with Gasteiger partial charge in [0.05, 0.1) is 24.7 Å². The highest BCUT2D eigenvalue weighted by Crippen LogP contribution is 2.44. The van der Waals surface area contributed by atoms with Crippen LogP contribution in [0.1, 0.15) is 51.6 Å². The van der Waals surface area contributed by atoms with E-state index in [9.17, 15) is 4.79 Å². The number of pyridine rings is 3. The van der Waals surface area contributed by atoms with Gasteiger partial charge in [-0.1, -0.05) is 65.0 Å². The molecule has 9 heteroatoms. The minimum atomic E-state index is -0.737. The summed E-state index contributed by atoms with van der Waals surface area (Å²) in [6.07, 6.45) is 7.49. The fourth-order valence-corrected chi connectivity index (χ4v) is 6.94. The molecular weight excluding hydrogens is 643 g/mol. The Morgan fingerprint density at radius 3 is 2.32 bits per heavy atom. The minimum absolute atomic E-state index is 0.0640. The van der Waals surface area contributed by atoms with Crippen LogP contribution >= 0.6 is 11.8 Å². The molecule has 0 fully saturated rings. The van der Waals surface area contributed by atoms with Crippen molar-refractivity contribution in [2.24, 2.45) is 5.41 Å². The molecule has 4 heterocycles. The van der Waals surface area contributed by atoms with E-state index in [1.165, 1.54) is 0 Å². The summed E-state index contributed by atoms with van der Waals surface area (Å²) < 4.78 is 13.8. The van der Waals surface area contributed by atoms with Gasteiger partial charge in [0.25, 0.3) is 0 Å². The Kier molecular flexibility index (Phi) is 10.2. The Morgan fingerprint density at radius 2 is 1.66 bits per heavy atom.